The number of nitrogens with two attached hydrogens (primary N) is 5. The summed E-state index contributed by atoms with van der Waals surface area (Å²) in [5, 5.41) is 43.0. The molecule has 1 aromatic carbocycles. The number of aliphatic hydroxyl groups excluding tert-OH is 1. The number of amides is 10. The number of aliphatic carboxylic acids is 1. The van der Waals surface area contributed by atoms with Crippen LogP contribution in [0.25, 0.3) is 10.9 Å². The van der Waals surface area contributed by atoms with Crippen LogP contribution in [-0.4, -0.2) is 197 Å². The first-order valence-electron chi connectivity index (χ1n) is 28.0. The van der Waals surface area contributed by atoms with Crippen molar-refractivity contribution in [3.05, 3.63) is 36.0 Å². The van der Waals surface area contributed by atoms with Gasteiger partial charge in [0, 0.05) is 48.9 Å². The van der Waals surface area contributed by atoms with Gasteiger partial charge in [0.25, 0.3) is 0 Å². The van der Waals surface area contributed by atoms with Gasteiger partial charge in [0.15, 0.2) is 11.9 Å². The van der Waals surface area contributed by atoms with Crippen LogP contribution in [0.1, 0.15) is 91.5 Å². The summed E-state index contributed by atoms with van der Waals surface area (Å²) in [6.07, 6.45) is 1.16. The zero-order valence-electron chi connectivity index (χ0n) is 48.6. The lowest BCUT2D eigenvalue weighted by atomic mass is 10.0. The number of aliphatic imine (C=N–C) groups is 2. The molecule has 31 nitrogen and oxygen atoms in total. The summed E-state index contributed by atoms with van der Waals surface area (Å²) < 4.78 is 0. The minimum Gasteiger partial charge on any atom is -0.480 e. The second kappa shape index (κ2) is 35.8. The molecule has 1 aliphatic heterocycles. The number of carbonyl (C=O) groups is 11. The Labute approximate surface area is 497 Å². The number of aromatic amines is 1. The number of thiol groups is 1. The Balaban J connectivity index is 1.86. The monoisotopic (exact) mass is 1210 g/mol. The molecular formula is C53H86N18O13S. The van der Waals surface area contributed by atoms with Gasteiger partial charge < -0.3 is 96.6 Å². The highest BCUT2D eigenvalue weighted by Gasteiger charge is 2.41. The number of nitrogens with zero attached hydrogens (tertiary/aromatic N) is 3. The molecule has 0 unspecified atom stereocenters. The average molecular weight is 1220 g/mol. The first-order chi connectivity index (χ1) is 40.1. The van der Waals surface area contributed by atoms with Crippen LogP contribution in [0, 0.1) is 11.8 Å². The number of aromatic nitrogens is 1. The smallest absolute Gasteiger partial charge is 0.327 e. The van der Waals surface area contributed by atoms with Crippen molar-refractivity contribution in [1.82, 2.24) is 57.7 Å². The van der Waals surface area contributed by atoms with Crippen LogP contribution >= 0.6 is 12.6 Å². The molecule has 1 aromatic heterocycles. The molecule has 0 saturated carbocycles. The third-order valence-electron chi connectivity index (χ3n) is 13.3. The summed E-state index contributed by atoms with van der Waals surface area (Å²) in [6, 6.07) is -3.11. The Morgan fingerprint density at radius 1 is 0.659 bits per heavy atom. The Hall–Kier alpha value is -8.26. The highest BCUT2D eigenvalue weighted by molar-refractivity contribution is 7.80. The SMILES string of the molecule is CC(C)C[C@H](NC(=O)[C@H](CCCN=C(N)N)NC(=O)[C@H](Cc1c[nH]c2ccccc12)NC(=O)CNC(=O)[C@H](CCCN=C(N)N)NC(=O)[C@@H]1CCCN1C(=O)[C@@H](NC(=O)[C@@H](N)CC(C)C)[C@@H](C)O)C(=O)NCC(=O)NCC(=O)N[C@@H](CS)C(=O)O. The second-order valence-electron chi connectivity index (χ2n) is 21.4. The largest absolute Gasteiger partial charge is 0.480 e. The van der Waals surface area contributed by atoms with E-state index in [0.29, 0.717) is 29.3 Å². The minimum absolute atomic E-state index is 0.0238. The van der Waals surface area contributed by atoms with Gasteiger partial charge in [0.05, 0.1) is 31.8 Å². The van der Waals surface area contributed by atoms with Gasteiger partial charge >= 0.3 is 5.97 Å². The maximum atomic E-state index is 14.6. The predicted molar refractivity (Wildman–Crippen MR) is 317 cm³/mol. The highest BCUT2D eigenvalue weighted by atomic mass is 32.1. The van der Waals surface area contributed by atoms with E-state index in [1.165, 1.54) is 11.8 Å². The van der Waals surface area contributed by atoms with E-state index in [2.05, 4.69) is 75.4 Å². The predicted octanol–water partition coefficient (Wildman–Crippen LogP) is -5.12. The number of hydrogen-bond donors (Lipinski definition) is 18. The molecule has 2 heterocycles. The molecule has 32 heteroatoms. The number of hydrogen-bond acceptors (Lipinski definition) is 16. The maximum Gasteiger partial charge on any atom is 0.327 e. The second-order valence-corrected chi connectivity index (χ2v) is 21.8. The van der Waals surface area contributed by atoms with Crippen molar-refractivity contribution >= 4 is 100 Å². The van der Waals surface area contributed by atoms with Crippen LogP contribution in [0.2, 0.25) is 0 Å². The van der Waals surface area contributed by atoms with Crippen molar-refractivity contribution < 1.29 is 63.0 Å². The van der Waals surface area contributed by atoms with Gasteiger partial charge in [-0.3, -0.25) is 57.9 Å². The van der Waals surface area contributed by atoms with Crippen LogP contribution in [0.5, 0.6) is 0 Å². The van der Waals surface area contributed by atoms with Crippen molar-refractivity contribution in [1.29, 1.82) is 0 Å². The molecule has 472 valence electrons. The number of fused-ring (bicyclic) bond motifs is 1. The number of nitrogens with one attached hydrogen (secondary N) is 10. The zero-order chi connectivity index (χ0) is 63.5. The van der Waals surface area contributed by atoms with Crippen molar-refractivity contribution in [2.24, 2.45) is 50.5 Å². The van der Waals surface area contributed by atoms with Gasteiger partial charge in [0.2, 0.25) is 59.1 Å². The van der Waals surface area contributed by atoms with Crippen LogP contribution in [0.4, 0.5) is 0 Å². The van der Waals surface area contributed by atoms with E-state index < -0.39 is 139 Å². The number of rotatable bonds is 36. The number of carboxylic acid groups (broad SMARTS) is 1. The molecule has 1 saturated heterocycles. The summed E-state index contributed by atoms with van der Waals surface area (Å²) in [5.74, 6) is -10.1. The Morgan fingerprint density at radius 3 is 1.75 bits per heavy atom. The summed E-state index contributed by atoms with van der Waals surface area (Å²) in [5.41, 5.74) is 29.4. The fourth-order valence-electron chi connectivity index (χ4n) is 9.03. The number of likely N-dealkylation sites (tertiary alicyclic amines) is 1. The lowest BCUT2D eigenvalue weighted by Crippen LogP contribution is -2.60. The first kappa shape index (κ1) is 71.0. The maximum absolute atomic E-state index is 14.6. The van der Waals surface area contributed by atoms with Crippen molar-refractivity contribution in [3.63, 3.8) is 0 Å². The molecule has 1 aliphatic rings. The van der Waals surface area contributed by atoms with Gasteiger partial charge in [-0.2, -0.15) is 12.6 Å². The summed E-state index contributed by atoms with van der Waals surface area (Å²) in [4.78, 5) is 160. The van der Waals surface area contributed by atoms with Crippen LogP contribution in [0.3, 0.4) is 0 Å². The van der Waals surface area contributed by atoms with E-state index in [-0.39, 0.29) is 94.1 Å². The van der Waals surface area contributed by atoms with E-state index in [1.54, 1.807) is 44.3 Å². The number of benzene rings is 1. The molecule has 0 bridgehead atoms. The molecule has 2 aromatic rings. The fraction of sp³-hybridized carbons (Fsp3) is 0.604. The number of carbonyl (C=O) groups excluding carboxylic acids is 10. The third kappa shape index (κ3) is 24.8. The Morgan fingerprint density at radius 2 is 1.19 bits per heavy atom. The lowest BCUT2D eigenvalue weighted by molar-refractivity contribution is -0.144. The van der Waals surface area contributed by atoms with Crippen molar-refractivity contribution in [2.75, 3.05) is 45.0 Å². The molecule has 9 atom stereocenters. The molecular weight excluding hydrogens is 1130 g/mol. The van der Waals surface area contributed by atoms with Crippen molar-refractivity contribution in [3.8, 4) is 0 Å². The van der Waals surface area contributed by atoms with Gasteiger partial charge in [-0.25, -0.2) is 4.79 Å². The average Bonchev–Trinajstić information content (AvgIpc) is 4.08. The van der Waals surface area contributed by atoms with Crippen LogP contribution < -0.4 is 76.5 Å². The number of H-pyrrole nitrogens is 1. The zero-order valence-corrected chi connectivity index (χ0v) is 49.5. The van der Waals surface area contributed by atoms with E-state index in [9.17, 15) is 57.8 Å². The first-order valence-corrected chi connectivity index (χ1v) is 28.6. The molecule has 0 aliphatic carbocycles. The van der Waals surface area contributed by atoms with Gasteiger partial charge in [-0.15, -0.1) is 0 Å². The van der Waals surface area contributed by atoms with Gasteiger partial charge in [0.1, 0.15) is 42.3 Å². The lowest BCUT2D eigenvalue weighted by Gasteiger charge is -2.31. The van der Waals surface area contributed by atoms with Crippen LogP contribution in [-0.2, 0) is 59.2 Å². The number of aliphatic hydroxyl groups is 1. The molecule has 10 amide bonds. The molecule has 0 radical (unpaired) electrons. The molecule has 0 spiro atoms. The summed E-state index contributed by atoms with van der Waals surface area (Å²) in [6.45, 7) is 6.77. The standard InChI is InChI=1S/C53H86N18O13S/c1-27(2)19-32(54)44(76)70-43(29(5)72)50(82)71-18-10-15-39(71)49(81)68-34(13-8-16-59-52(55)56)45(77)64-25-42(75)65-37(21-30-22-61-33-12-7-6-11-31(30)33)48(80)67-35(14-9-17-60-53(57)58)47(79)69-36(20-28(3)4)46(78)63-23-40(73)62-24-41(74)66-38(26-85)51(83)84/h6-7,11-12,22,27-29,32,34-39,43,61,72,85H,8-10,13-21,23-26,54H2,1-5H3,(H,62,73)(H,63,78)(H,64,77)(H,65,75)(H,66,74)(H,67,80)(H,68,81)(H,69,79)(H,70,76)(H,83,84)(H4,55,56,59)(H4,57,58,60)/t29-,32+,34+,35+,36+,37+,38+,39+,43+/m1/s1. The number of guanidine groups is 2. The number of para-hydroxylation sites is 1. The molecule has 1 fully saturated rings. The third-order valence-corrected chi connectivity index (χ3v) is 13.7. The van der Waals surface area contributed by atoms with Gasteiger partial charge in [-0.05, 0) is 81.8 Å². The minimum atomic E-state index is -1.44. The Bertz CT molecular complexity index is 2700. The van der Waals surface area contributed by atoms with E-state index >= 15 is 0 Å². The number of carboxylic acids is 1. The molecule has 85 heavy (non-hydrogen) atoms. The summed E-state index contributed by atoms with van der Waals surface area (Å²) >= 11 is 3.88. The normalized spacial score (nSPS) is 15.7. The van der Waals surface area contributed by atoms with Crippen molar-refractivity contribution in [2.45, 2.75) is 147 Å². The fourth-order valence-corrected chi connectivity index (χ4v) is 9.28. The molecule has 22 N–H and O–H groups in total. The summed E-state index contributed by atoms with van der Waals surface area (Å²) in [7, 11) is 0. The van der Waals surface area contributed by atoms with E-state index in [1.807, 2.05) is 13.8 Å². The van der Waals surface area contributed by atoms with E-state index in [4.69, 9.17) is 33.8 Å². The topological polar surface area (TPSA) is 510 Å². The Kier molecular flexibility index (Phi) is 29.9. The van der Waals surface area contributed by atoms with E-state index in [0.717, 1.165) is 0 Å². The highest BCUT2D eigenvalue weighted by Crippen LogP contribution is 2.22. The van der Waals surface area contributed by atoms with Gasteiger partial charge in [-0.1, -0.05) is 45.9 Å². The quantitative estimate of drug-likeness (QED) is 0.0131. The molecule has 3 rings (SSSR count). The van der Waals surface area contributed by atoms with Crippen LogP contribution in [0.15, 0.2) is 40.4 Å².